The molecule has 3 heterocycles. The number of carbonyl (C=O) groups excluding carboxylic acids is 3. The Morgan fingerprint density at radius 2 is 1.70 bits per heavy atom. The fourth-order valence-corrected chi connectivity index (χ4v) is 3.98. The molecule has 2 fully saturated rings. The van der Waals surface area contributed by atoms with Crippen molar-refractivity contribution in [3.63, 3.8) is 0 Å². The molecule has 2 saturated heterocycles. The van der Waals surface area contributed by atoms with Gasteiger partial charge < -0.3 is 15.1 Å². The summed E-state index contributed by atoms with van der Waals surface area (Å²) >= 11 is 0. The van der Waals surface area contributed by atoms with Gasteiger partial charge in [-0.05, 0) is 18.1 Å². The molecule has 1 aromatic heterocycles. The molecule has 2 aromatic rings. The van der Waals surface area contributed by atoms with Crippen molar-refractivity contribution in [2.45, 2.75) is 18.9 Å². The molecule has 30 heavy (non-hydrogen) atoms. The second-order valence-corrected chi connectivity index (χ2v) is 7.36. The van der Waals surface area contributed by atoms with E-state index in [9.17, 15) is 14.4 Å². The highest BCUT2D eigenvalue weighted by atomic mass is 16.2. The third kappa shape index (κ3) is 3.47. The number of carbonyl (C=O) groups is 3. The van der Waals surface area contributed by atoms with Gasteiger partial charge in [0.2, 0.25) is 11.9 Å². The van der Waals surface area contributed by atoms with Gasteiger partial charge in [-0.3, -0.25) is 14.5 Å². The van der Waals surface area contributed by atoms with Crippen LogP contribution in [0.3, 0.4) is 0 Å². The van der Waals surface area contributed by atoms with Crippen LogP contribution in [-0.4, -0.2) is 70.3 Å². The van der Waals surface area contributed by atoms with Crippen LogP contribution in [0.4, 0.5) is 10.7 Å². The van der Waals surface area contributed by atoms with Crippen molar-refractivity contribution in [2.75, 3.05) is 37.6 Å². The third-order valence-electron chi connectivity index (χ3n) is 5.73. The molecule has 0 saturated carbocycles. The molecule has 4 amide bonds. The van der Waals surface area contributed by atoms with Crippen LogP contribution < -0.4 is 10.2 Å². The van der Waals surface area contributed by atoms with Gasteiger partial charge in [0.25, 0.3) is 5.91 Å². The summed E-state index contributed by atoms with van der Waals surface area (Å²) in [6.45, 7) is 3.75. The lowest BCUT2D eigenvalue weighted by atomic mass is 9.87. The molecule has 1 N–H and O–H groups in total. The number of imide groups is 1. The Bertz CT molecular complexity index is 930. The fourth-order valence-electron chi connectivity index (χ4n) is 3.98. The Morgan fingerprint density at radius 3 is 2.33 bits per heavy atom. The normalized spacial score (nSPS) is 21.7. The minimum absolute atomic E-state index is 0.243. The van der Waals surface area contributed by atoms with E-state index < -0.39 is 11.6 Å². The SMILES string of the molecule is CC[C@@]1(c2ccccc2)NC(=O)N(CC(=O)N2CCN(c3ncccn3)CC2)C1=O. The molecule has 4 rings (SSSR count). The predicted octanol–water partition coefficient (Wildman–Crippen LogP) is 0.983. The van der Waals surface area contributed by atoms with Crippen LogP contribution in [0.15, 0.2) is 48.8 Å². The summed E-state index contributed by atoms with van der Waals surface area (Å²) in [5.41, 5.74) is -0.403. The molecule has 0 bridgehead atoms. The number of rotatable bonds is 5. The molecule has 0 radical (unpaired) electrons. The standard InChI is InChI=1S/C21H24N6O3/c1-2-21(16-7-4-3-5-8-16)18(29)27(20(30)24-21)15-17(28)25-11-13-26(14-12-25)19-22-9-6-10-23-19/h3-10H,2,11-15H2,1H3,(H,24,30)/t21-/m0/s1. The number of hydrogen-bond acceptors (Lipinski definition) is 6. The smallest absolute Gasteiger partial charge is 0.325 e. The van der Waals surface area contributed by atoms with Crippen LogP contribution in [0.1, 0.15) is 18.9 Å². The second kappa shape index (κ2) is 8.10. The Morgan fingerprint density at radius 1 is 1.03 bits per heavy atom. The van der Waals surface area contributed by atoms with Crippen LogP contribution in [0.25, 0.3) is 0 Å². The van der Waals surface area contributed by atoms with Crippen molar-refractivity contribution in [1.29, 1.82) is 0 Å². The van der Waals surface area contributed by atoms with Crippen LogP contribution in [0, 0.1) is 0 Å². The highest BCUT2D eigenvalue weighted by Crippen LogP contribution is 2.32. The molecular weight excluding hydrogens is 384 g/mol. The number of nitrogens with zero attached hydrogens (tertiary/aromatic N) is 5. The maximum absolute atomic E-state index is 13.2. The minimum Gasteiger partial charge on any atom is -0.338 e. The number of piperazine rings is 1. The number of benzene rings is 1. The van der Waals surface area contributed by atoms with Crippen molar-refractivity contribution >= 4 is 23.8 Å². The molecule has 156 valence electrons. The molecule has 9 heteroatoms. The van der Waals surface area contributed by atoms with Gasteiger partial charge in [0, 0.05) is 38.6 Å². The molecule has 0 spiro atoms. The molecule has 1 aromatic carbocycles. The lowest BCUT2D eigenvalue weighted by Gasteiger charge is -2.35. The Kier molecular flexibility index (Phi) is 5.35. The first-order chi connectivity index (χ1) is 14.5. The van der Waals surface area contributed by atoms with E-state index in [2.05, 4.69) is 15.3 Å². The monoisotopic (exact) mass is 408 g/mol. The number of hydrogen-bond donors (Lipinski definition) is 1. The van der Waals surface area contributed by atoms with Gasteiger partial charge in [0.15, 0.2) is 0 Å². The second-order valence-electron chi connectivity index (χ2n) is 7.36. The van der Waals surface area contributed by atoms with Gasteiger partial charge in [-0.1, -0.05) is 37.3 Å². The Balaban J connectivity index is 1.41. The van der Waals surface area contributed by atoms with E-state index in [0.29, 0.717) is 38.5 Å². The Labute approximate surface area is 174 Å². The fraction of sp³-hybridized carbons (Fsp3) is 0.381. The minimum atomic E-state index is -1.12. The largest absolute Gasteiger partial charge is 0.338 e. The van der Waals surface area contributed by atoms with E-state index in [0.717, 1.165) is 10.5 Å². The summed E-state index contributed by atoms with van der Waals surface area (Å²) in [7, 11) is 0. The number of aromatic nitrogens is 2. The van der Waals surface area contributed by atoms with Gasteiger partial charge in [-0.15, -0.1) is 0 Å². The number of urea groups is 1. The Hall–Kier alpha value is -3.49. The van der Waals surface area contributed by atoms with Crippen LogP contribution in [0.2, 0.25) is 0 Å². The van der Waals surface area contributed by atoms with Crippen molar-refractivity contribution in [2.24, 2.45) is 0 Å². The van der Waals surface area contributed by atoms with E-state index in [1.165, 1.54) is 0 Å². The molecule has 9 nitrogen and oxygen atoms in total. The summed E-state index contributed by atoms with van der Waals surface area (Å²) in [6.07, 6.45) is 3.77. The van der Waals surface area contributed by atoms with Gasteiger partial charge in [0.1, 0.15) is 12.1 Å². The average Bonchev–Trinajstić information content (AvgIpc) is 3.05. The van der Waals surface area contributed by atoms with Crippen LogP contribution in [-0.2, 0) is 15.1 Å². The van der Waals surface area contributed by atoms with E-state index in [1.807, 2.05) is 42.2 Å². The van der Waals surface area contributed by atoms with Crippen molar-refractivity contribution in [3.8, 4) is 0 Å². The zero-order chi connectivity index (χ0) is 21.1. The van der Waals surface area contributed by atoms with Crippen molar-refractivity contribution in [3.05, 3.63) is 54.4 Å². The first kappa shape index (κ1) is 19.8. The number of anilines is 1. The summed E-state index contributed by atoms with van der Waals surface area (Å²) in [5, 5.41) is 2.81. The van der Waals surface area contributed by atoms with Gasteiger partial charge in [-0.2, -0.15) is 0 Å². The van der Waals surface area contributed by atoms with Gasteiger partial charge in [0.05, 0.1) is 0 Å². The van der Waals surface area contributed by atoms with E-state index in [-0.39, 0.29) is 18.4 Å². The molecule has 2 aliphatic heterocycles. The summed E-state index contributed by atoms with van der Waals surface area (Å²) in [6, 6.07) is 10.4. The summed E-state index contributed by atoms with van der Waals surface area (Å²) < 4.78 is 0. The molecule has 0 unspecified atom stereocenters. The van der Waals surface area contributed by atoms with Crippen molar-refractivity contribution in [1.82, 2.24) is 25.1 Å². The molecule has 0 aliphatic carbocycles. The maximum Gasteiger partial charge on any atom is 0.325 e. The van der Waals surface area contributed by atoms with Gasteiger partial charge >= 0.3 is 6.03 Å². The van der Waals surface area contributed by atoms with Crippen LogP contribution in [0.5, 0.6) is 0 Å². The molecule has 1 atom stereocenters. The first-order valence-corrected chi connectivity index (χ1v) is 10.0. The quantitative estimate of drug-likeness (QED) is 0.741. The zero-order valence-electron chi connectivity index (χ0n) is 16.8. The van der Waals surface area contributed by atoms with E-state index >= 15 is 0 Å². The molecule has 2 aliphatic rings. The van der Waals surface area contributed by atoms with Crippen molar-refractivity contribution < 1.29 is 14.4 Å². The average molecular weight is 408 g/mol. The highest BCUT2D eigenvalue weighted by Gasteiger charge is 2.51. The summed E-state index contributed by atoms with van der Waals surface area (Å²) in [4.78, 5) is 51.8. The third-order valence-corrected chi connectivity index (χ3v) is 5.73. The number of nitrogens with one attached hydrogen (secondary N) is 1. The first-order valence-electron chi connectivity index (χ1n) is 10.0. The van der Waals surface area contributed by atoms with E-state index in [1.54, 1.807) is 23.4 Å². The predicted molar refractivity (Wildman–Crippen MR) is 109 cm³/mol. The lowest BCUT2D eigenvalue weighted by molar-refractivity contribution is -0.139. The van der Waals surface area contributed by atoms with Gasteiger partial charge in [-0.25, -0.2) is 14.8 Å². The topological polar surface area (TPSA) is 98.7 Å². The lowest BCUT2D eigenvalue weighted by Crippen LogP contribution is -2.52. The number of amides is 4. The zero-order valence-corrected chi connectivity index (χ0v) is 16.8. The van der Waals surface area contributed by atoms with E-state index in [4.69, 9.17) is 0 Å². The summed E-state index contributed by atoms with van der Waals surface area (Å²) in [5.74, 6) is 0.00672. The van der Waals surface area contributed by atoms with Crippen LogP contribution >= 0.6 is 0 Å². The maximum atomic E-state index is 13.2. The molecular formula is C21H24N6O3. The highest BCUT2D eigenvalue weighted by molar-refractivity contribution is 6.09.